The second kappa shape index (κ2) is 6.55. The molecule has 3 aromatic rings. The van der Waals surface area contributed by atoms with Crippen molar-refractivity contribution in [1.29, 1.82) is 0 Å². The number of hydrazine groups is 1. The van der Waals surface area contributed by atoms with Crippen molar-refractivity contribution < 1.29 is 9.59 Å². The van der Waals surface area contributed by atoms with Crippen LogP contribution in [0.5, 0.6) is 0 Å². The minimum absolute atomic E-state index is 0.272. The number of hydrogen-bond donors (Lipinski definition) is 2. The molecule has 1 heterocycles. The Morgan fingerprint density at radius 1 is 0.917 bits per heavy atom. The van der Waals surface area contributed by atoms with Gasteiger partial charge in [-0.1, -0.05) is 41.4 Å². The lowest BCUT2D eigenvalue weighted by Crippen LogP contribution is -2.42. The summed E-state index contributed by atoms with van der Waals surface area (Å²) in [6.07, 6.45) is 0. The number of benzene rings is 2. The van der Waals surface area contributed by atoms with E-state index in [2.05, 4.69) is 10.9 Å². The Hall–Kier alpha value is -2.50. The molecule has 0 radical (unpaired) electrons. The molecule has 3 rings (SSSR count). The van der Waals surface area contributed by atoms with Crippen LogP contribution >= 0.6 is 23.2 Å². The molecule has 0 unspecified atom stereocenters. The summed E-state index contributed by atoms with van der Waals surface area (Å²) in [6.45, 7) is 0. The highest BCUT2D eigenvalue weighted by atomic mass is 35.5. The first-order valence-corrected chi connectivity index (χ1v) is 7.84. The predicted molar refractivity (Wildman–Crippen MR) is 94.3 cm³/mol. The molecule has 2 aromatic carbocycles. The summed E-state index contributed by atoms with van der Waals surface area (Å²) in [5.41, 5.74) is 6.22. The van der Waals surface area contributed by atoms with Gasteiger partial charge >= 0.3 is 0 Å². The number of para-hydroxylation sites is 1. The van der Waals surface area contributed by atoms with Crippen LogP contribution in [0.15, 0.2) is 48.5 Å². The molecule has 5 nitrogen and oxygen atoms in total. The van der Waals surface area contributed by atoms with Crippen LogP contribution in [0.2, 0.25) is 10.0 Å². The number of hydrogen-bond acceptors (Lipinski definition) is 2. The van der Waals surface area contributed by atoms with Gasteiger partial charge in [0.2, 0.25) is 0 Å². The first kappa shape index (κ1) is 16.4. The van der Waals surface area contributed by atoms with Crippen molar-refractivity contribution in [2.75, 3.05) is 0 Å². The normalized spacial score (nSPS) is 10.6. The highest BCUT2D eigenvalue weighted by Crippen LogP contribution is 2.29. The molecule has 0 bridgehead atoms. The van der Waals surface area contributed by atoms with Gasteiger partial charge in [0.05, 0.1) is 5.02 Å². The molecule has 0 aliphatic heterocycles. The molecule has 1 aromatic heterocycles. The zero-order chi connectivity index (χ0) is 17.3. The van der Waals surface area contributed by atoms with E-state index >= 15 is 0 Å². The van der Waals surface area contributed by atoms with Gasteiger partial charge in [-0.2, -0.15) is 0 Å². The number of aryl methyl sites for hydroxylation is 1. The summed E-state index contributed by atoms with van der Waals surface area (Å²) >= 11 is 12.1. The Morgan fingerprint density at radius 2 is 1.54 bits per heavy atom. The summed E-state index contributed by atoms with van der Waals surface area (Å²) < 4.78 is 1.68. The maximum atomic E-state index is 12.4. The molecule has 2 amide bonds. The zero-order valence-corrected chi connectivity index (χ0v) is 14.2. The van der Waals surface area contributed by atoms with Gasteiger partial charge < -0.3 is 4.57 Å². The maximum Gasteiger partial charge on any atom is 0.287 e. The molecule has 0 atom stereocenters. The third-order valence-corrected chi connectivity index (χ3v) is 4.29. The predicted octanol–water partition coefficient (Wildman–Crippen LogP) is 3.56. The molecule has 24 heavy (non-hydrogen) atoms. The van der Waals surface area contributed by atoms with E-state index in [0.29, 0.717) is 15.6 Å². The number of fused-ring (bicyclic) bond motifs is 1. The molecule has 2 N–H and O–H groups in total. The summed E-state index contributed by atoms with van der Waals surface area (Å²) in [6, 6.07) is 13.7. The summed E-state index contributed by atoms with van der Waals surface area (Å²) in [7, 11) is 1.74. The van der Waals surface area contributed by atoms with Gasteiger partial charge in [-0.05, 0) is 30.3 Å². The van der Waals surface area contributed by atoms with E-state index in [9.17, 15) is 9.59 Å². The Balaban J connectivity index is 1.78. The SMILES string of the molecule is Cn1c(C(=O)NNC(=O)c2ccc(Cl)cc2)c(Cl)c2ccccc21. The molecule has 7 heteroatoms. The molecule has 0 fully saturated rings. The average Bonchev–Trinajstić information content (AvgIpc) is 2.85. The van der Waals surface area contributed by atoms with Gasteiger partial charge in [-0.3, -0.25) is 20.4 Å². The topological polar surface area (TPSA) is 63.1 Å². The minimum Gasteiger partial charge on any atom is -0.338 e. The lowest BCUT2D eigenvalue weighted by molar-refractivity contribution is 0.0842. The van der Waals surface area contributed by atoms with Crippen LogP contribution in [-0.2, 0) is 7.05 Å². The van der Waals surface area contributed by atoms with Gasteiger partial charge in [-0.15, -0.1) is 0 Å². The first-order chi connectivity index (χ1) is 11.5. The second-order valence-corrected chi connectivity index (χ2v) is 5.97. The number of nitrogens with one attached hydrogen (secondary N) is 2. The average molecular weight is 362 g/mol. The van der Waals surface area contributed by atoms with Crippen LogP contribution in [-0.4, -0.2) is 16.4 Å². The molecule has 0 saturated carbocycles. The molecule has 0 spiro atoms. The van der Waals surface area contributed by atoms with Crippen molar-refractivity contribution in [3.8, 4) is 0 Å². The minimum atomic E-state index is -0.499. The third kappa shape index (κ3) is 2.96. The van der Waals surface area contributed by atoms with E-state index in [1.165, 1.54) is 0 Å². The Morgan fingerprint density at radius 3 is 2.21 bits per heavy atom. The van der Waals surface area contributed by atoms with Gasteiger partial charge in [0.25, 0.3) is 11.8 Å². The van der Waals surface area contributed by atoms with Crippen LogP contribution in [0.4, 0.5) is 0 Å². The number of nitrogens with zero attached hydrogens (tertiary/aromatic N) is 1. The van der Waals surface area contributed by atoms with Gasteiger partial charge in [0, 0.05) is 28.5 Å². The van der Waals surface area contributed by atoms with Crippen LogP contribution in [0.1, 0.15) is 20.8 Å². The Bertz CT molecular complexity index is 894. The summed E-state index contributed by atoms with van der Waals surface area (Å²) in [4.78, 5) is 24.4. The maximum absolute atomic E-state index is 12.4. The standard InChI is InChI=1S/C17H13Cl2N3O2/c1-22-13-5-3-2-4-12(13)14(19)15(22)17(24)21-20-16(23)10-6-8-11(18)9-7-10/h2-9H,1H3,(H,20,23)(H,21,24). The van der Waals surface area contributed by atoms with E-state index in [1.54, 1.807) is 35.9 Å². The third-order valence-electron chi connectivity index (χ3n) is 3.66. The van der Waals surface area contributed by atoms with E-state index in [1.807, 2.05) is 24.3 Å². The monoisotopic (exact) mass is 361 g/mol. The molecule has 0 aliphatic rings. The largest absolute Gasteiger partial charge is 0.338 e. The van der Waals surface area contributed by atoms with Crippen LogP contribution in [0, 0.1) is 0 Å². The van der Waals surface area contributed by atoms with Crippen molar-refractivity contribution in [3.63, 3.8) is 0 Å². The lowest BCUT2D eigenvalue weighted by atomic mass is 10.2. The van der Waals surface area contributed by atoms with Crippen LogP contribution in [0.3, 0.4) is 0 Å². The van der Waals surface area contributed by atoms with Crippen molar-refractivity contribution in [2.24, 2.45) is 7.05 Å². The van der Waals surface area contributed by atoms with Crippen molar-refractivity contribution in [1.82, 2.24) is 15.4 Å². The molecular weight excluding hydrogens is 349 g/mol. The number of amides is 2. The molecule has 0 saturated heterocycles. The van der Waals surface area contributed by atoms with E-state index in [4.69, 9.17) is 23.2 Å². The molecule has 122 valence electrons. The fourth-order valence-electron chi connectivity index (χ4n) is 2.45. The Kier molecular flexibility index (Phi) is 4.46. The van der Waals surface area contributed by atoms with E-state index in [0.717, 1.165) is 10.9 Å². The quantitative estimate of drug-likeness (QED) is 0.685. The highest BCUT2D eigenvalue weighted by molar-refractivity contribution is 6.38. The lowest BCUT2D eigenvalue weighted by Gasteiger charge is -2.09. The molecular formula is C17H13Cl2N3O2. The van der Waals surface area contributed by atoms with Crippen LogP contribution in [0.25, 0.3) is 10.9 Å². The first-order valence-electron chi connectivity index (χ1n) is 7.08. The summed E-state index contributed by atoms with van der Waals surface area (Å²) in [5, 5.41) is 1.64. The van der Waals surface area contributed by atoms with E-state index < -0.39 is 11.8 Å². The summed E-state index contributed by atoms with van der Waals surface area (Å²) in [5.74, 6) is -0.948. The number of halogens is 2. The van der Waals surface area contributed by atoms with Gasteiger partial charge in [0.1, 0.15) is 5.69 Å². The number of rotatable bonds is 2. The van der Waals surface area contributed by atoms with Crippen molar-refractivity contribution in [2.45, 2.75) is 0 Å². The second-order valence-electron chi connectivity index (χ2n) is 5.15. The van der Waals surface area contributed by atoms with E-state index in [-0.39, 0.29) is 5.69 Å². The van der Waals surface area contributed by atoms with Crippen molar-refractivity contribution >= 4 is 45.9 Å². The fraction of sp³-hybridized carbons (Fsp3) is 0.0588. The van der Waals surface area contributed by atoms with Gasteiger partial charge in [-0.25, -0.2) is 0 Å². The molecule has 0 aliphatic carbocycles. The Labute approximate surface area is 148 Å². The van der Waals surface area contributed by atoms with Gasteiger partial charge in [0.15, 0.2) is 0 Å². The zero-order valence-electron chi connectivity index (χ0n) is 12.6. The van der Waals surface area contributed by atoms with Crippen LogP contribution < -0.4 is 10.9 Å². The number of aromatic nitrogens is 1. The number of carbonyl (C=O) groups excluding carboxylic acids is 2. The fourth-order valence-corrected chi connectivity index (χ4v) is 2.94. The van der Waals surface area contributed by atoms with Crippen molar-refractivity contribution in [3.05, 3.63) is 69.8 Å². The highest BCUT2D eigenvalue weighted by Gasteiger charge is 2.20. The smallest absolute Gasteiger partial charge is 0.287 e. The number of carbonyl (C=O) groups is 2.